The van der Waals surface area contributed by atoms with Crippen LogP contribution in [0.4, 0.5) is 5.69 Å². The third kappa shape index (κ3) is 3.90. The molecule has 0 aliphatic rings. The van der Waals surface area contributed by atoms with E-state index in [1.165, 1.54) is 0 Å². The molecule has 0 atom stereocenters. The smallest absolute Gasteiger partial charge is 0.296 e. The number of aliphatic hydroxyl groups is 1. The molecule has 0 aromatic heterocycles. The predicted molar refractivity (Wildman–Crippen MR) is 61.9 cm³/mol. The Morgan fingerprint density at radius 1 is 1.50 bits per heavy atom. The number of aliphatic hydroxyl groups excluding tert-OH is 1. The van der Waals surface area contributed by atoms with Gasteiger partial charge in [0.05, 0.1) is 5.69 Å². The molecule has 0 fully saturated rings. The molecule has 0 saturated carbocycles. The van der Waals surface area contributed by atoms with E-state index < -0.39 is 10.2 Å². The molecule has 86 valence electrons. The first-order chi connectivity index (χ1) is 7.42. The third-order valence-electron chi connectivity index (χ3n) is 1.73. The number of benzene rings is 1. The highest BCUT2D eigenvalue weighted by molar-refractivity contribution is 7.90. The van der Waals surface area contributed by atoms with Crippen LogP contribution >= 0.6 is 0 Å². The van der Waals surface area contributed by atoms with Gasteiger partial charge in [0.1, 0.15) is 6.61 Å². The van der Waals surface area contributed by atoms with Gasteiger partial charge in [0.2, 0.25) is 0 Å². The molecular formula is C10H12N2O3S. The maximum Gasteiger partial charge on any atom is 0.296 e. The lowest BCUT2D eigenvalue weighted by Crippen LogP contribution is -2.22. The number of hydrogen-bond donors (Lipinski definition) is 3. The van der Waals surface area contributed by atoms with Gasteiger partial charge in [-0.2, -0.15) is 8.42 Å². The average molecular weight is 240 g/mol. The molecular weight excluding hydrogens is 228 g/mol. The standard InChI is InChI=1S/C10H12N2O3S/c1-8-4-5-10(12-16(11,14)15)9(7-8)3-2-6-13/h4-5,7,12-13H,6H2,1H3,(H2,11,14,15). The van der Waals surface area contributed by atoms with Gasteiger partial charge in [-0.3, -0.25) is 4.72 Å². The fourth-order valence-corrected chi connectivity index (χ4v) is 1.62. The topological polar surface area (TPSA) is 92.4 Å². The van der Waals surface area contributed by atoms with E-state index in [-0.39, 0.29) is 6.61 Å². The van der Waals surface area contributed by atoms with Gasteiger partial charge in [0, 0.05) is 5.56 Å². The lowest BCUT2D eigenvalue weighted by Gasteiger charge is -2.06. The van der Waals surface area contributed by atoms with E-state index >= 15 is 0 Å². The first-order valence-corrected chi connectivity index (χ1v) is 5.98. The molecule has 16 heavy (non-hydrogen) atoms. The Hall–Kier alpha value is -1.55. The van der Waals surface area contributed by atoms with Crippen LogP contribution in [-0.2, 0) is 10.2 Å². The molecule has 1 rings (SSSR count). The van der Waals surface area contributed by atoms with E-state index in [9.17, 15) is 8.42 Å². The van der Waals surface area contributed by atoms with E-state index in [2.05, 4.69) is 16.6 Å². The Morgan fingerprint density at radius 2 is 2.19 bits per heavy atom. The molecule has 1 aromatic carbocycles. The first-order valence-electron chi connectivity index (χ1n) is 4.43. The second-order valence-electron chi connectivity index (χ2n) is 3.16. The predicted octanol–water partition coefficient (Wildman–Crippen LogP) is -0.0458. The second kappa shape index (κ2) is 4.99. The van der Waals surface area contributed by atoms with Gasteiger partial charge < -0.3 is 5.11 Å². The van der Waals surface area contributed by atoms with Gasteiger partial charge in [-0.15, -0.1) is 0 Å². The van der Waals surface area contributed by atoms with Crippen molar-refractivity contribution in [3.05, 3.63) is 29.3 Å². The summed E-state index contributed by atoms with van der Waals surface area (Å²) in [5.74, 6) is 5.09. The first kappa shape index (κ1) is 12.5. The van der Waals surface area contributed by atoms with Crippen LogP contribution < -0.4 is 9.86 Å². The van der Waals surface area contributed by atoms with Crippen LogP contribution in [0, 0.1) is 18.8 Å². The minimum absolute atomic E-state index is 0.289. The minimum atomic E-state index is -3.82. The van der Waals surface area contributed by atoms with Gasteiger partial charge in [-0.25, -0.2) is 5.14 Å². The van der Waals surface area contributed by atoms with Crippen LogP contribution in [0.3, 0.4) is 0 Å². The molecule has 0 heterocycles. The SMILES string of the molecule is Cc1ccc(NS(N)(=O)=O)c(C#CCO)c1. The van der Waals surface area contributed by atoms with E-state index in [0.717, 1.165) is 5.56 Å². The van der Waals surface area contributed by atoms with Crippen molar-refractivity contribution in [3.63, 3.8) is 0 Å². The van der Waals surface area contributed by atoms with Crippen LogP contribution in [0.2, 0.25) is 0 Å². The summed E-state index contributed by atoms with van der Waals surface area (Å²) in [7, 11) is -3.82. The van der Waals surface area contributed by atoms with Crippen molar-refractivity contribution in [1.29, 1.82) is 0 Å². The Kier molecular flexibility index (Phi) is 3.90. The normalized spacial score (nSPS) is 10.4. The second-order valence-corrected chi connectivity index (χ2v) is 4.45. The van der Waals surface area contributed by atoms with E-state index in [4.69, 9.17) is 10.2 Å². The van der Waals surface area contributed by atoms with Crippen molar-refractivity contribution in [1.82, 2.24) is 0 Å². The molecule has 6 heteroatoms. The van der Waals surface area contributed by atoms with Crippen molar-refractivity contribution in [2.45, 2.75) is 6.92 Å². The zero-order valence-electron chi connectivity index (χ0n) is 8.69. The minimum Gasteiger partial charge on any atom is -0.384 e. The molecule has 0 aliphatic heterocycles. The van der Waals surface area contributed by atoms with Crippen molar-refractivity contribution >= 4 is 15.9 Å². The van der Waals surface area contributed by atoms with E-state index in [0.29, 0.717) is 11.3 Å². The summed E-state index contributed by atoms with van der Waals surface area (Å²) in [4.78, 5) is 0. The largest absolute Gasteiger partial charge is 0.384 e. The number of aryl methyl sites for hydroxylation is 1. The fraction of sp³-hybridized carbons (Fsp3) is 0.200. The fourth-order valence-electron chi connectivity index (χ4n) is 1.14. The Labute approximate surface area is 94.5 Å². The molecule has 0 unspecified atom stereocenters. The van der Waals surface area contributed by atoms with Gasteiger partial charge in [-0.05, 0) is 24.6 Å². The molecule has 0 radical (unpaired) electrons. The van der Waals surface area contributed by atoms with Crippen LogP contribution in [-0.4, -0.2) is 20.1 Å². The summed E-state index contributed by atoms with van der Waals surface area (Å²) in [6.07, 6.45) is 0. The van der Waals surface area contributed by atoms with Crippen LogP contribution in [0.5, 0.6) is 0 Å². The molecule has 0 amide bonds. The van der Waals surface area contributed by atoms with Crippen molar-refractivity contribution in [2.24, 2.45) is 5.14 Å². The van der Waals surface area contributed by atoms with Crippen LogP contribution in [0.25, 0.3) is 0 Å². The van der Waals surface area contributed by atoms with Crippen molar-refractivity contribution < 1.29 is 13.5 Å². The molecule has 0 saturated heterocycles. The van der Waals surface area contributed by atoms with Gasteiger partial charge in [0.25, 0.3) is 10.2 Å². The summed E-state index contributed by atoms with van der Waals surface area (Å²) in [5.41, 5.74) is 1.71. The number of anilines is 1. The van der Waals surface area contributed by atoms with E-state index in [1.807, 2.05) is 6.92 Å². The number of rotatable bonds is 2. The maximum absolute atomic E-state index is 10.9. The van der Waals surface area contributed by atoms with Crippen LogP contribution in [0.1, 0.15) is 11.1 Å². The van der Waals surface area contributed by atoms with Crippen molar-refractivity contribution in [2.75, 3.05) is 11.3 Å². The summed E-state index contributed by atoms with van der Waals surface area (Å²) in [5, 5.41) is 13.5. The lowest BCUT2D eigenvalue weighted by atomic mass is 10.1. The number of nitrogens with two attached hydrogens (primary N) is 1. The summed E-state index contributed by atoms with van der Waals surface area (Å²) >= 11 is 0. The summed E-state index contributed by atoms with van der Waals surface area (Å²) in [6, 6.07) is 5.01. The Bertz CT molecular complexity index is 541. The highest BCUT2D eigenvalue weighted by atomic mass is 32.2. The molecule has 4 N–H and O–H groups in total. The zero-order chi connectivity index (χ0) is 12.2. The van der Waals surface area contributed by atoms with Crippen molar-refractivity contribution in [3.8, 4) is 11.8 Å². The quantitative estimate of drug-likeness (QED) is 0.633. The third-order valence-corrected chi connectivity index (χ3v) is 2.23. The monoisotopic (exact) mass is 240 g/mol. The maximum atomic E-state index is 10.9. The van der Waals surface area contributed by atoms with Gasteiger partial charge in [-0.1, -0.05) is 17.9 Å². The highest BCUT2D eigenvalue weighted by Crippen LogP contribution is 2.16. The number of nitrogens with one attached hydrogen (secondary N) is 1. The summed E-state index contributed by atoms with van der Waals surface area (Å²) < 4.78 is 23.9. The zero-order valence-corrected chi connectivity index (χ0v) is 9.50. The Balaban J connectivity index is 3.17. The van der Waals surface area contributed by atoms with Gasteiger partial charge >= 0.3 is 0 Å². The molecule has 0 aliphatic carbocycles. The van der Waals surface area contributed by atoms with E-state index in [1.54, 1.807) is 18.2 Å². The highest BCUT2D eigenvalue weighted by Gasteiger charge is 2.06. The lowest BCUT2D eigenvalue weighted by molar-refractivity contribution is 0.350. The number of hydrogen-bond acceptors (Lipinski definition) is 3. The molecule has 0 spiro atoms. The Morgan fingerprint density at radius 3 is 2.75 bits per heavy atom. The summed E-state index contributed by atoms with van der Waals surface area (Å²) in [6.45, 7) is 1.56. The van der Waals surface area contributed by atoms with Gasteiger partial charge in [0.15, 0.2) is 0 Å². The van der Waals surface area contributed by atoms with Crippen LogP contribution in [0.15, 0.2) is 18.2 Å². The average Bonchev–Trinajstić information content (AvgIpc) is 2.16. The molecule has 5 nitrogen and oxygen atoms in total. The molecule has 1 aromatic rings. The molecule has 0 bridgehead atoms.